The van der Waals surface area contributed by atoms with E-state index < -0.39 is 0 Å². The third-order valence-corrected chi connectivity index (χ3v) is 2.67. The molecule has 0 unspecified atom stereocenters. The normalized spacial score (nSPS) is 15.0. The summed E-state index contributed by atoms with van der Waals surface area (Å²) in [4.78, 5) is 2.20. The molecule has 1 fully saturated rings. The zero-order valence-electron chi connectivity index (χ0n) is 8.58. The quantitative estimate of drug-likeness (QED) is 0.854. The number of piperazine rings is 1. The van der Waals surface area contributed by atoms with Crippen molar-refractivity contribution in [2.45, 2.75) is 0 Å². The lowest BCUT2D eigenvalue weighted by Crippen LogP contribution is -2.43. The van der Waals surface area contributed by atoms with Gasteiger partial charge in [-0.2, -0.15) is 0 Å². The maximum absolute atomic E-state index is 12.9. The second-order valence-electron chi connectivity index (χ2n) is 3.34. The van der Waals surface area contributed by atoms with Gasteiger partial charge in [-0.05, 0) is 18.2 Å². The molecule has 1 saturated heterocycles. The van der Waals surface area contributed by atoms with Gasteiger partial charge in [0.2, 0.25) is 0 Å². The summed E-state index contributed by atoms with van der Waals surface area (Å²) in [7, 11) is 0. The van der Waals surface area contributed by atoms with E-state index in [1.54, 1.807) is 12.1 Å². The molecule has 2 nitrogen and oxygen atoms in total. The van der Waals surface area contributed by atoms with E-state index in [0.717, 1.165) is 31.9 Å². The SMILES string of the molecule is Cl.Cl.Fc1ccc(N2CCNCC2)cc1Cl. The summed E-state index contributed by atoms with van der Waals surface area (Å²) in [5.41, 5.74) is 0.998. The molecular formula is C10H14Cl3FN2. The highest BCUT2D eigenvalue weighted by molar-refractivity contribution is 6.31. The van der Waals surface area contributed by atoms with E-state index in [1.807, 2.05) is 0 Å². The lowest BCUT2D eigenvalue weighted by atomic mass is 10.2. The highest BCUT2D eigenvalue weighted by Crippen LogP contribution is 2.22. The molecular weight excluding hydrogens is 273 g/mol. The molecule has 6 heteroatoms. The van der Waals surface area contributed by atoms with Gasteiger partial charge in [-0.1, -0.05) is 11.6 Å². The third kappa shape index (κ3) is 3.67. The first kappa shape index (κ1) is 15.8. The van der Waals surface area contributed by atoms with Crippen LogP contribution in [0.25, 0.3) is 0 Å². The van der Waals surface area contributed by atoms with Crippen LogP contribution in [0.4, 0.5) is 10.1 Å². The van der Waals surface area contributed by atoms with Gasteiger partial charge in [-0.15, -0.1) is 24.8 Å². The number of anilines is 1. The molecule has 1 heterocycles. The molecule has 1 aromatic rings. The number of hydrogen-bond donors (Lipinski definition) is 1. The largest absolute Gasteiger partial charge is 0.369 e. The Labute approximate surface area is 112 Å². The summed E-state index contributed by atoms with van der Waals surface area (Å²) in [6, 6.07) is 4.87. The molecule has 1 N–H and O–H groups in total. The van der Waals surface area contributed by atoms with Crippen LogP contribution < -0.4 is 10.2 Å². The topological polar surface area (TPSA) is 15.3 Å². The zero-order chi connectivity index (χ0) is 9.97. The Morgan fingerprint density at radius 3 is 2.38 bits per heavy atom. The number of nitrogens with zero attached hydrogens (tertiary/aromatic N) is 1. The van der Waals surface area contributed by atoms with Crippen molar-refractivity contribution >= 4 is 42.1 Å². The molecule has 92 valence electrons. The van der Waals surface area contributed by atoms with Gasteiger partial charge in [0.15, 0.2) is 0 Å². The van der Waals surface area contributed by atoms with Crippen LogP contribution in [-0.4, -0.2) is 26.2 Å². The maximum atomic E-state index is 12.9. The monoisotopic (exact) mass is 286 g/mol. The Hall–Kier alpha value is -0.220. The molecule has 0 bridgehead atoms. The van der Waals surface area contributed by atoms with Gasteiger partial charge in [-0.25, -0.2) is 4.39 Å². The van der Waals surface area contributed by atoms with Gasteiger partial charge in [-0.3, -0.25) is 0 Å². The predicted octanol–water partition coefficient (Wildman–Crippen LogP) is 2.73. The van der Waals surface area contributed by atoms with Gasteiger partial charge in [0.25, 0.3) is 0 Å². The minimum Gasteiger partial charge on any atom is -0.369 e. The lowest BCUT2D eigenvalue weighted by molar-refractivity contribution is 0.587. The van der Waals surface area contributed by atoms with Gasteiger partial charge in [0.05, 0.1) is 5.02 Å². The van der Waals surface area contributed by atoms with Crippen LogP contribution in [0.3, 0.4) is 0 Å². The number of rotatable bonds is 1. The van der Waals surface area contributed by atoms with E-state index >= 15 is 0 Å². The predicted molar refractivity (Wildman–Crippen MR) is 71.0 cm³/mol. The summed E-state index contributed by atoms with van der Waals surface area (Å²) in [6.07, 6.45) is 0. The second kappa shape index (κ2) is 7.17. The highest BCUT2D eigenvalue weighted by Gasteiger charge is 2.11. The Kier molecular flexibility index (Phi) is 7.07. The van der Waals surface area contributed by atoms with Crippen molar-refractivity contribution in [1.29, 1.82) is 0 Å². The molecule has 1 aromatic carbocycles. The second-order valence-corrected chi connectivity index (χ2v) is 3.74. The van der Waals surface area contributed by atoms with Crippen LogP contribution in [0.2, 0.25) is 5.02 Å². The van der Waals surface area contributed by atoms with Gasteiger partial charge in [0.1, 0.15) is 5.82 Å². The average Bonchev–Trinajstić information content (AvgIpc) is 2.23. The lowest BCUT2D eigenvalue weighted by Gasteiger charge is -2.29. The van der Waals surface area contributed by atoms with E-state index in [-0.39, 0.29) is 35.7 Å². The number of halogens is 4. The molecule has 0 aliphatic carbocycles. The van der Waals surface area contributed by atoms with E-state index in [1.165, 1.54) is 6.07 Å². The van der Waals surface area contributed by atoms with Crippen molar-refractivity contribution in [2.24, 2.45) is 0 Å². The van der Waals surface area contributed by atoms with E-state index in [2.05, 4.69) is 10.2 Å². The minimum atomic E-state index is -0.356. The maximum Gasteiger partial charge on any atom is 0.141 e. The Balaban J connectivity index is 0.00000112. The van der Waals surface area contributed by atoms with Crippen LogP contribution in [0.5, 0.6) is 0 Å². The molecule has 0 saturated carbocycles. The summed E-state index contributed by atoms with van der Waals surface area (Å²) in [5.74, 6) is -0.356. The van der Waals surface area contributed by atoms with Crippen LogP contribution >= 0.6 is 36.4 Å². The van der Waals surface area contributed by atoms with E-state index in [4.69, 9.17) is 11.6 Å². The summed E-state index contributed by atoms with van der Waals surface area (Å²) < 4.78 is 12.9. The van der Waals surface area contributed by atoms with E-state index in [0.29, 0.717) is 0 Å². The number of nitrogens with one attached hydrogen (secondary N) is 1. The highest BCUT2D eigenvalue weighted by atomic mass is 35.5. The molecule has 0 radical (unpaired) electrons. The molecule has 2 rings (SSSR count). The molecule has 0 amide bonds. The molecule has 16 heavy (non-hydrogen) atoms. The van der Waals surface area contributed by atoms with Gasteiger partial charge < -0.3 is 10.2 Å². The van der Waals surface area contributed by atoms with Crippen molar-refractivity contribution in [3.8, 4) is 0 Å². The molecule has 1 aliphatic heterocycles. The molecule has 1 aliphatic rings. The summed E-state index contributed by atoms with van der Waals surface area (Å²) >= 11 is 5.72. The van der Waals surface area contributed by atoms with Gasteiger partial charge in [0, 0.05) is 31.9 Å². The Morgan fingerprint density at radius 1 is 1.19 bits per heavy atom. The van der Waals surface area contributed by atoms with Crippen molar-refractivity contribution in [2.75, 3.05) is 31.1 Å². The fourth-order valence-electron chi connectivity index (χ4n) is 1.60. The van der Waals surface area contributed by atoms with Crippen LogP contribution in [0.15, 0.2) is 18.2 Å². The van der Waals surface area contributed by atoms with Crippen LogP contribution in [0, 0.1) is 5.82 Å². The standard InChI is InChI=1S/C10H12ClFN2.2ClH/c11-9-7-8(1-2-10(9)12)14-5-3-13-4-6-14;;/h1-2,7,13H,3-6H2;2*1H. The molecule has 0 spiro atoms. The smallest absolute Gasteiger partial charge is 0.141 e. The molecule has 0 aromatic heterocycles. The molecule has 0 atom stereocenters. The first-order valence-corrected chi connectivity index (χ1v) is 5.06. The van der Waals surface area contributed by atoms with Gasteiger partial charge >= 0.3 is 0 Å². The number of benzene rings is 1. The zero-order valence-corrected chi connectivity index (χ0v) is 11.0. The summed E-state index contributed by atoms with van der Waals surface area (Å²) in [5, 5.41) is 3.46. The Bertz CT molecular complexity index is 330. The fourth-order valence-corrected chi connectivity index (χ4v) is 1.78. The minimum absolute atomic E-state index is 0. The van der Waals surface area contributed by atoms with Crippen molar-refractivity contribution in [1.82, 2.24) is 5.32 Å². The summed E-state index contributed by atoms with van der Waals surface area (Å²) in [6.45, 7) is 3.83. The van der Waals surface area contributed by atoms with Crippen molar-refractivity contribution < 1.29 is 4.39 Å². The first-order chi connectivity index (χ1) is 6.77. The van der Waals surface area contributed by atoms with Crippen molar-refractivity contribution in [3.63, 3.8) is 0 Å². The average molecular weight is 288 g/mol. The first-order valence-electron chi connectivity index (χ1n) is 4.68. The third-order valence-electron chi connectivity index (χ3n) is 2.39. The number of hydrogen-bond acceptors (Lipinski definition) is 2. The fraction of sp³-hybridized carbons (Fsp3) is 0.400. The van der Waals surface area contributed by atoms with Crippen molar-refractivity contribution in [3.05, 3.63) is 29.0 Å². The Morgan fingerprint density at radius 2 is 1.81 bits per heavy atom. The van der Waals surface area contributed by atoms with Crippen LogP contribution in [-0.2, 0) is 0 Å². The van der Waals surface area contributed by atoms with Crippen LogP contribution in [0.1, 0.15) is 0 Å². The van der Waals surface area contributed by atoms with E-state index in [9.17, 15) is 4.39 Å².